The standard InChI is InChI=1S/C16H25N3O2/c1-11(2)9-14(16(21)18-3)19-15(20)8-7-12-5-4-6-13(17)10-12/h4-6,10-11,14H,7-9,17H2,1-3H3,(H,18,21)(H,19,20). The summed E-state index contributed by atoms with van der Waals surface area (Å²) in [6.07, 6.45) is 1.58. The van der Waals surface area contributed by atoms with E-state index in [9.17, 15) is 9.59 Å². The Balaban J connectivity index is 2.51. The predicted molar refractivity (Wildman–Crippen MR) is 84.6 cm³/mol. The number of amides is 2. The molecule has 0 heterocycles. The second-order valence-electron chi connectivity index (χ2n) is 5.61. The molecule has 0 saturated carbocycles. The highest BCUT2D eigenvalue weighted by atomic mass is 16.2. The van der Waals surface area contributed by atoms with Gasteiger partial charge in [0.05, 0.1) is 0 Å². The molecule has 2 amide bonds. The lowest BCUT2D eigenvalue weighted by molar-refractivity contribution is -0.129. The second-order valence-corrected chi connectivity index (χ2v) is 5.61. The molecule has 5 nitrogen and oxygen atoms in total. The van der Waals surface area contributed by atoms with E-state index in [1.807, 2.05) is 38.1 Å². The number of carbonyl (C=O) groups excluding carboxylic acids is 2. The zero-order valence-corrected chi connectivity index (χ0v) is 13.0. The van der Waals surface area contributed by atoms with Crippen LogP contribution in [0.5, 0.6) is 0 Å². The maximum atomic E-state index is 12.0. The van der Waals surface area contributed by atoms with Crippen molar-refractivity contribution < 1.29 is 9.59 Å². The number of likely N-dealkylation sites (N-methyl/N-ethyl adjacent to an activating group) is 1. The first-order valence-electron chi connectivity index (χ1n) is 7.27. The van der Waals surface area contributed by atoms with Crippen molar-refractivity contribution in [1.82, 2.24) is 10.6 Å². The monoisotopic (exact) mass is 291 g/mol. The van der Waals surface area contributed by atoms with Crippen molar-refractivity contribution in [3.05, 3.63) is 29.8 Å². The minimum atomic E-state index is -0.469. The van der Waals surface area contributed by atoms with Crippen LogP contribution in [0, 0.1) is 5.92 Å². The average molecular weight is 291 g/mol. The van der Waals surface area contributed by atoms with Gasteiger partial charge in [-0.3, -0.25) is 9.59 Å². The minimum Gasteiger partial charge on any atom is -0.399 e. The fraction of sp³-hybridized carbons (Fsp3) is 0.500. The number of aryl methyl sites for hydroxylation is 1. The number of nitrogen functional groups attached to an aromatic ring is 1. The Bertz CT molecular complexity index is 486. The molecule has 0 bridgehead atoms. The number of rotatable bonds is 7. The lowest BCUT2D eigenvalue weighted by atomic mass is 10.0. The van der Waals surface area contributed by atoms with Gasteiger partial charge in [0.2, 0.25) is 11.8 Å². The average Bonchev–Trinajstić information content (AvgIpc) is 2.43. The molecule has 1 aromatic carbocycles. The van der Waals surface area contributed by atoms with Gasteiger partial charge in [-0.15, -0.1) is 0 Å². The highest BCUT2D eigenvalue weighted by Crippen LogP contribution is 2.09. The van der Waals surface area contributed by atoms with E-state index in [0.717, 1.165) is 5.56 Å². The SMILES string of the molecule is CNC(=O)C(CC(C)C)NC(=O)CCc1cccc(N)c1. The quantitative estimate of drug-likeness (QED) is 0.665. The smallest absolute Gasteiger partial charge is 0.242 e. The molecule has 0 radical (unpaired) electrons. The molecule has 116 valence electrons. The molecule has 1 unspecified atom stereocenters. The molecule has 1 aromatic rings. The lowest BCUT2D eigenvalue weighted by Crippen LogP contribution is -2.46. The molecule has 5 heteroatoms. The van der Waals surface area contributed by atoms with E-state index < -0.39 is 6.04 Å². The Kier molecular flexibility index (Phi) is 6.72. The Morgan fingerprint density at radius 1 is 1.29 bits per heavy atom. The zero-order valence-electron chi connectivity index (χ0n) is 13.0. The van der Waals surface area contributed by atoms with Crippen molar-refractivity contribution in [2.24, 2.45) is 5.92 Å². The van der Waals surface area contributed by atoms with Crippen LogP contribution < -0.4 is 16.4 Å². The van der Waals surface area contributed by atoms with E-state index in [1.165, 1.54) is 0 Å². The summed E-state index contributed by atoms with van der Waals surface area (Å²) in [5.74, 6) is 0.0641. The van der Waals surface area contributed by atoms with Gasteiger partial charge < -0.3 is 16.4 Å². The van der Waals surface area contributed by atoms with Gasteiger partial charge in [0.25, 0.3) is 0 Å². The lowest BCUT2D eigenvalue weighted by Gasteiger charge is -2.19. The topological polar surface area (TPSA) is 84.2 Å². The summed E-state index contributed by atoms with van der Waals surface area (Å²) in [7, 11) is 1.58. The van der Waals surface area contributed by atoms with E-state index >= 15 is 0 Å². The predicted octanol–water partition coefficient (Wildman–Crippen LogP) is 1.48. The molecule has 0 fully saturated rings. The third-order valence-corrected chi connectivity index (χ3v) is 3.20. The molecule has 0 aliphatic rings. The highest BCUT2D eigenvalue weighted by Gasteiger charge is 2.20. The molecule has 1 atom stereocenters. The van der Waals surface area contributed by atoms with Gasteiger partial charge in [0, 0.05) is 19.2 Å². The van der Waals surface area contributed by atoms with Crippen LogP contribution in [-0.4, -0.2) is 24.9 Å². The molecule has 21 heavy (non-hydrogen) atoms. The molecule has 0 aliphatic carbocycles. The van der Waals surface area contributed by atoms with Crippen LogP contribution in [0.4, 0.5) is 5.69 Å². The summed E-state index contributed by atoms with van der Waals surface area (Å²) < 4.78 is 0. The van der Waals surface area contributed by atoms with Gasteiger partial charge in [-0.05, 0) is 36.5 Å². The number of nitrogens with two attached hydrogens (primary N) is 1. The molecular weight excluding hydrogens is 266 g/mol. The van der Waals surface area contributed by atoms with E-state index in [1.54, 1.807) is 7.05 Å². The number of hydrogen-bond donors (Lipinski definition) is 3. The van der Waals surface area contributed by atoms with Gasteiger partial charge in [-0.1, -0.05) is 26.0 Å². The highest BCUT2D eigenvalue weighted by molar-refractivity contribution is 5.87. The van der Waals surface area contributed by atoms with Crippen LogP contribution in [0.2, 0.25) is 0 Å². The van der Waals surface area contributed by atoms with Crippen molar-refractivity contribution in [2.75, 3.05) is 12.8 Å². The molecule has 4 N–H and O–H groups in total. The molecule has 0 spiro atoms. The van der Waals surface area contributed by atoms with Crippen molar-refractivity contribution in [2.45, 2.75) is 39.2 Å². The second kappa shape index (κ2) is 8.29. The maximum absolute atomic E-state index is 12.0. The van der Waals surface area contributed by atoms with E-state index in [0.29, 0.717) is 30.9 Å². The van der Waals surface area contributed by atoms with Crippen LogP contribution >= 0.6 is 0 Å². The normalized spacial score (nSPS) is 12.0. The van der Waals surface area contributed by atoms with Gasteiger partial charge in [-0.2, -0.15) is 0 Å². The van der Waals surface area contributed by atoms with Crippen LogP contribution in [0.1, 0.15) is 32.3 Å². The summed E-state index contributed by atoms with van der Waals surface area (Å²) in [5, 5.41) is 5.39. The van der Waals surface area contributed by atoms with E-state index in [-0.39, 0.29) is 11.8 Å². The molecule has 1 rings (SSSR count). The summed E-state index contributed by atoms with van der Waals surface area (Å²) in [6.45, 7) is 4.05. The van der Waals surface area contributed by atoms with Crippen LogP contribution in [0.3, 0.4) is 0 Å². The van der Waals surface area contributed by atoms with Crippen LogP contribution in [0.25, 0.3) is 0 Å². The summed E-state index contributed by atoms with van der Waals surface area (Å²) in [6, 6.07) is 7.01. The number of hydrogen-bond acceptors (Lipinski definition) is 3. The first-order chi connectivity index (χ1) is 9.92. The summed E-state index contributed by atoms with van der Waals surface area (Å²) >= 11 is 0. The van der Waals surface area contributed by atoms with Gasteiger partial charge >= 0.3 is 0 Å². The van der Waals surface area contributed by atoms with E-state index in [2.05, 4.69) is 10.6 Å². The van der Waals surface area contributed by atoms with Crippen LogP contribution in [0.15, 0.2) is 24.3 Å². The Morgan fingerprint density at radius 2 is 2.00 bits per heavy atom. The Hall–Kier alpha value is -2.04. The first kappa shape index (κ1) is 17.0. The first-order valence-corrected chi connectivity index (χ1v) is 7.27. The van der Waals surface area contributed by atoms with Crippen molar-refractivity contribution in [3.63, 3.8) is 0 Å². The van der Waals surface area contributed by atoms with Crippen LogP contribution in [-0.2, 0) is 16.0 Å². The number of benzene rings is 1. The summed E-state index contributed by atoms with van der Waals surface area (Å²) in [5.41, 5.74) is 7.41. The third kappa shape index (κ3) is 6.29. The van der Waals surface area contributed by atoms with E-state index in [4.69, 9.17) is 5.73 Å². The Labute approximate surface area is 126 Å². The van der Waals surface area contributed by atoms with Gasteiger partial charge in [0.15, 0.2) is 0 Å². The number of carbonyl (C=O) groups is 2. The molecule has 0 saturated heterocycles. The fourth-order valence-corrected chi connectivity index (χ4v) is 2.15. The van der Waals surface area contributed by atoms with Crippen molar-refractivity contribution in [3.8, 4) is 0 Å². The largest absolute Gasteiger partial charge is 0.399 e. The molecular formula is C16H25N3O2. The number of anilines is 1. The van der Waals surface area contributed by atoms with Crippen molar-refractivity contribution >= 4 is 17.5 Å². The van der Waals surface area contributed by atoms with Gasteiger partial charge in [0.1, 0.15) is 6.04 Å². The molecule has 0 aromatic heterocycles. The zero-order chi connectivity index (χ0) is 15.8. The van der Waals surface area contributed by atoms with Gasteiger partial charge in [-0.25, -0.2) is 0 Å². The minimum absolute atomic E-state index is 0.119. The molecule has 0 aliphatic heterocycles. The Morgan fingerprint density at radius 3 is 2.57 bits per heavy atom. The number of nitrogens with one attached hydrogen (secondary N) is 2. The van der Waals surface area contributed by atoms with Crippen molar-refractivity contribution in [1.29, 1.82) is 0 Å². The summed E-state index contributed by atoms with van der Waals surface area (Å²) in [4.78, 5) is 23.8. The third-order valence-electron chi connectivity index (χ3n) is 3.20. The maximum Gasteiger partial charge on any atom is 0.242 e. The fourth-order valence-electron chi connectivity index (χ4n) is 2.15.